The molecule has 0 aliphatic carbocycles. The molecule has 0 N–H and O–H groups in total. The predicted octanol–water partition coefficient (Wildman–Crippen LogP) is 1.95. The van der Waals surface area contributed by atoms with Gasteiger partial charge >= 0.3 is 0 Å². The maximum atomic E-state index is 11.3. The summed E-state index contributed by atoms with van der Waals surface area (Å²) in [5.41, 5.74) is 1.55. The third kappa shape index (κ3) is 3.08. The number of thiol groups is 1. The minimum atomic E-state index is -2.62. The molecule has 1 aliphatic rings. The second-order valence-electron chi connectivity index (χ2n) is 3.85. The summed E-state index contributed by atoms with van der Waals surface area (Å²) in [6.07, 6.45) is 0.502. The molecule has 0 saturated carbocycles. The third-order valence-corrected chi connectivity index (χ3v) is 3.83. The van der Waals surface area contributed by atoms with E-state index in [1.165, 1.54) is 12.1 Å². The topological polar surface area (TPSA) is 72.8 Å². The highest BCUT2D eigenvalue weighted by molar-refractivity contribution is 7.71. The van der Waals surface area contributed by atoms with Crippen molar-refractivity contribution >= 4 is 44.9 Å². The number of hydrogen-bond donors (Lipinski definition) is 1. The molecule has 102 valence electrons. The van der Waals surface area contributed by atoms with Crippen LogP contribution in [0.2, 0.25) is 5.02 Å². The average Bonchev–Trinajstić information content (AvgIpc) is 2.81. The average molecular weight is 322 g/mol. The highest BCUT2D eigenvalue weighted by atomic mass is 35.5. The molecule has 0 atom stereocenters. The van der Waals surface area contributed by atoms with E-state index >= 15 is 0 Å². The number of carbonyl (C=O) groups excluding carboxylic acids is 1. The van der Waals surface area contributed by atoms with Crippen LogP contribution in [0, 0.1) is 0 Å². The lowest BCUT2D eigenvalue weighted by Gasteiger charge is -2.10. The Hall–Kier alpha value is -1.11. The Morgan fingerprint density at radius 3 is 2.68 bits per heavy atom. The summed E-state index contributed by atoms with van der Waals surface area (Å²) in [5.74, 6) is -0.180. The number of hydrogen-bond acceptors (Lipinski definition) is 5. The molecule has 0 saturated heterocycles. The summed E-state index contributed by atoms with van der Waals surface area (Å²) >= 11 is 11.6. The Bertz CT molecular complexity index is 632. The van der Waals surface area contributed by atoms with E-state index in [-0.39, 0.29) is 16.3 Å². The molecule has 1 aromatic rings. The second-order valence-corrected chi connectivity index (χ2v) is 5.55. The zero-order valence-corrected chi connectivity index (χ0v) is 12.0. The molecule has 2 rings (SSSR count). The second kappa shape index (κ2) is 5.90. The van der Waals surface area contributed by atoms with Crippen LogP contribution in [0.25, 0.3) is 0 Å². The standard InChI is InChI=1S/C11H9Cl2NO4S/c12-10-7(11(13)15)2-1-6(5-19(16)17)9(10)8-3-4-18-14-8/h1-2,19H,3-5H2. The van der Waals surface area contributed by atoms with Gasteiger partial charge in [-0.2, -0.15) is 0 Å². The number of halogens is 2. The first kappa shape index (κ1) is 14.3. The number of oxime groups is 1. The summed E-state index contributed by atoms with van der Waals surface area (Å²) in [6.45, 7) is 0.396. The first-order valence-corrected chi connectivity index (χ1v) is 7.44. The minimum Gasteiger partial charge on any atom is -0.395 e. The zero-order valence-electron chi connectivity index (χ0n) is 9.56. The number of rotatable bonds is 4. The van der Waals surface area contributed by atoms with Crippen molar-refractivity contribution in [1.29, 1.82) is 0 Å². The molecular weight excluding hydrogens is 313 g/mol. The fourth-order valence-corrected chi connectivity index (χ4v) is 2.96. The monoisotopic (exact) mass is 321 g/mol. The Morgan fingerprint density at radius 2 is 2.16 bits per heavy atom. The Morgan fingerprint density at radius 1 is 1.42 bits per heavy atom. The van der Waals surface area contributed by atoms with E-state index in [9.17, 15) is 13.2 Å². The molecule has 1 heterocycles. The van der Waals surface area contributed by atoms with E-state index in [1.54, 1.807) is 0 Å². The Balaban J connectivity index is 2.61. The van der Waals surface area contributed by atoms with E-state index in [2.05, 4.69) is 5.16 Å². The summed E-state index contributed by atoms with van der Waals surface area (Å²) in [5, 5.41) is 3.22. The van der Waals surface area contributed by atoms with Gasteiger partial charge in [0.1, 0.15) is 17.3 Å². The van der Waals surface area contributed by atoms with Crippen molar-refractivity contribution < 1.29 is 18.0 Å². The van der Waals surface area contributed by atoms with Crippen LogP contribution in [0.1, 0.15) is 27.9 Å². The molecule has 0 radical (unpaired) electrons. The van der Waals surface area contributed by atoms with Gasteiger partial charge in [0.25, 0.3) is 5.24 Å². The van der Waals surface area contributed by atoms with E-state index < -0.39 is 15.9 Å². The van der Waals surface area contributed by atoms with Crippen molar-refractivity contribution in [1.82, 2.24) is 0 Å². The van der Waals surface area contributed by atoms with Crippen molar-refractivity contribution in [3.05, 3.63) is 33.8 Å². The van der Waals surface area contributed by atoms with Crippen LogP contribution < -0.4 is 0 Å². The molecule has 19 heavy (non-hydrogen) atoms. The predicted molar refractivity (Wildman–Crippen MR) is 72.8 cm³/mol. The molecule has 8 heteroatoms. The van der Waals surface area contributed by atoms with E-state index in [0.29, 0.717) is 29.9 Å². The van der Waals surface area contributed by atoms with Gasteiger partial charge in [-0.3, -0.25) is 4.79 Å². The van der Waals surface area contributed by atoms with Crippen LogP contribution in [0.4, 0.5) is 0 Å². The van der Waals surface area contributed by atoms with Crippen LogP contribution in [-0.2, 0) is 21.3 Å². The third-order valence-electron chi connectivity index (χ3n) is 2.63. The SMILES string of the molecule is O=C(Cl)c1ccc(C[SH](=O)=O)c(C2=NOCC2)c1Cl. The fourth-order valence-electron chi connectivity index (χ4n) is 1.83. The van der Waals surface area contributed by atoms with Gasteiger partial charge in [-0.15, -0.1) is 0 Å². The van der Waals surface area contributed by atoms with Gasteiger partial charge < -0.3 is 4.84 Å². The van der Waals surface area contributed by atoms with Crippen LogP contribution in [-0.4, -0.2) is 26.0 Å². The summed E-state index contributed by atoms with van der Waals surface area (Å²) in [7, 11) is -2.62. The van der Waals surface area contributed by atoms with Gasteiger partial charge in [0.05, 0.1) is 22.1 Å². The van der Waals surface area contributed by atoms with Gasteiger partial charge in [0, 0.05) is 12.0 Å². The molecule has 1 aliphatic heterocycles. The Labute approximate surface area is 121 Å². The van der Waals surface area contributed by atoms with Crippen molar-refractivity contribution in [2.75, 3.05) is 6.61 Å². The molecule has 1 aromatic carbocycles. The van der Waals surface area contributed by atoms with E-state index in [1.807, 2.05) is 0 Å². The molecule has 0 fully saturated rings. The van der Waals surface area contributed by atoms with Crippen molar-refractivity contribution in [3.8, 4) is 0 Å². The smallest absolute Gasteiger partial charge is 0.253 e. The molecule has 0 amide bonds. The zero-order chi connectivity index (χ0) is 14.0. The normalized spacial score (nSPS) is 14.4. The molecule has 0 unspecified atom stereocenters. The summed E-state index contributed by atoms with van der Waals surface area (Å²) in [6, 6.07) is 2.93. The van der Waals surface area contributed by atoms with Crippen molar-refractivity contribution in [2.24, 2.45) is 5.16 Å². The first-order valence-electron chi connectivity index (χ1n) is 5.33. The van der Waals surface area contributed by atoms with Gasteiger partial charge in [0.2, 0.25) is 0 Å². The highest BCUT2D eigenvalue weighted by Crippen LogP contribution is 2.29. The largest absolute Gasteiger partial charge is 0.395 e. The molecule has 5 nitrogen and oxygen atoms in total. The molecular formula is C11H9Cl2NO4S. The quantitative estimate of drug-likeness (QED) is 0.679. The lowest BCUT2D eigenvalue weighted by atomic mass is 9.99. The van der Waals surface area contributed by atoms with Crippen molar-refractivity contribution in [2.45, 2.75) is 12.2 Å². The Kier molecular flexibility index (Phi) is 4.44. The lowest BCUT2D eigenvalue weighted by molar-refractivity contribution is 0.108. The first-order chi connectivity index (χ1) is 9.00. The van der Waals surface area contributed by atoms with Gasteiger partial charge in [-0.05, 0) is 23.2 Å². The lowest BCUT2D eigenvalue weighted by Crippen LogP contribution is -2.08. The molecule has 0 bridgehead atoms. The minimum absolute atomic E-state index is 0.110. The van der Waals surface area contributed by atoms with Crippen LogP contribution in [0.15, 0.2) is 17.3 Å². The molecule has 0 aromatic heterocycles. The number of carbonyl (C=O) groups is 1. The maximum absolute atomic E-state index is 11.3. The highest BCUT2D eigenvalue weighted by Gasteiger charge is 2.22. The molecule has 0 spiro atoms. The summed E-state index contributed by atoms with van der Waals surface area (Å²) in [4.78, 5) is 16.1. The summed E-state index contributed by atoms with van der Waals surface area (Å²) < 4.78 is 21.8. The van der Waals surface area contributed by atoms with Gasteiger partial charge in [-0.25, -0.2) is 8.42 Å². The van der Waals surface area contributed by atoms with Crippen LogP contribution >= 0.6 is 23.2 Å². The fraction of sp³-hybridized carbons (Fsp3) is 0.273. The van der Waals surface area contributed by atoms with Crippen LogP contribution in [0.5, 0.6) is 0 Å². The van der Waals surface area contributed by atoms with Crippen LogP contribution in [0.3, 0.4) is 0 Å². The van der Waals surface area contributed by atoms with E-state index in [0.717, 1.165) is 0 Å². The number of nitrogens with zero attached hydrogens (tertiary/aromatic N) is 1. The van der Waals surface area contributed by atoms with Gasteiger partial charge in [-0.1, -0.05) is 22.8 Å². The number of benzene rings is 1. The van der Waals surface area contributed by atoms with Gasteiger partial charge in [0.15, 0.2) is 0 Å². The maximum Gasteiger partial charge on any atom is 0.253 e. The van der Waals surface area contributed by atoms with Crippen molar-refractivity contribution in [3.63, 3.8) is 0 Å². The van der Waals surface area contributed by atoms with E-state index in [4.69, 9.17) is 28.0 Å².